The molecule has 0 saturated carbocycles. The molecular weight excluding hydrogens is 367 g/mol. The van der Waals surface area contributed by atoms with Crippen LogP contribution in [0.3, 0.4) is 0 Å². The Morgan fingerprint density at radius 2 is 1.63 bits per heavy atom. The van der Waals surface area contributed by atoms with E-state index in [0.29, 0.717) is 0 Å². The third-order valence-electron chi connectivity index (χ3n) is 5.32. The Bertz CT molecular complexity index is 1160. The molecule has 0 aliphatic rings. The van der Waals surface area contributed by atoms with Gasteiger partial charge < -0.3 is 10.3 Å². The van der Waals surface area contributed by atoms with E-state index in [1.54, 1.807) is 0 Å². The van der Waals surface area contributed by atoms with Crippen LogP contribution in [0.4, 0.5) is 5.69 Å². The SMILES string of the molecule is CCCCP(C)(=S)c1ccc2c(c1N)c1ccccc1n2-c1ccccc1. The van der Waals surface area contributed by atoms with E-state index >= 15 is 0 Å². The quantitative estimate of drug-likeness (QED) is 0.339. The molecule has 1 aromatic heterocycles. The number of aromatic nitrogens is 1. The minimum atomic E-state index is -1.65. The molecule has 4 heteroatoms. The monoisotopic (exact) mass is 392 g/mol. The van der Waals surface area contributed by atoms with Crippen LogP contribution in [0.1, 0.15) is 19.8 Å². The van der Waals surface area contributed by atoms with E-state index in [0.717, 1.165) is 34.9 Å². The number of hydrogen-bond acceptors (Lipinski definition) is 2. The molecule has 2 nitrogen and oxygen atoms in total. The highest BCUT2D eigenvalue weighted by Gasteiger charge is 2.21. The topological polar surface area (TPSA) is 30.9 Å². The molecule has 1 unspecified atom stereocenters. The predicted molar refractivity (Wildman–Crippen MR) is 125 cm³/mol. The van der Waals surface area contributed by atoms with Crippen LogP contribution in [0.2, 0.25) is 0 Å². The Hall–Kier alpha value is -2.09. The van der Waals surface area contributed by atoms with Crippen molar-refractivity contribution >= 4 is 50.6 Å². The Balaban J connectivity index is 2.05. The average Bonchev–Trinajstić information content (AvgIpc) is 3.02. The van der Waals surface area contributed by atoms with Gasteiger partial charge in [-0.2, -0.15) is 0 Å². The molecule has 0 spiro atoms. The van der Waals surface area contributed by atoms with Gasteiger partial charge in [-0.1, -0.05) is 61.5 Å². The van der Waals surface area contributed by atoms with Gasteiger partial charge in [-0.25, -0.2) is 0 Å². The maximum atomic E-state index is 6.78. The lowest BCUT2D eigenvalue weighted by Gasteiger charge is -2.20. The van der Waals surface area contributed by atoms with E-state index in [1.165, 1.54) is 22.6 Å². The molecule has 4 rings (SSSR count). The van der Waals surface area contributed by atoms with Gasteiger partial charge in [-0.05, 0) is 55.6 Å². The number of nitrogens with two attached hydrogens (primary N) is 1. The van der Waals surface area contributed by atoms with E-state index in [-0.39, 0.29) is 0 Å². The van der Waals surface area contributed by atoms with Gasteiger partial charge in [0.2, 0.25) is 0 Å². The molecule has 138 valence electrons. The second kappa shape index (κ2) is 7.14. The van der Waals surface area contributed by atoms with Crippen molar-refractivity contribution in [3.63, 3.8) is 0 Å². The van der Waals surface area contributed by atoms with Crippen molar-refractivity contribution in [2.24, 2.45) is 0 Å². The fourth-order valence-corrected chi connectivity index (χ4v) is 6.96. The van der Waals surface area contributed by atoms with Crippen molar-refractivity contribution in [2.75, 3.05) is 18.6 Å². The molecule has 1 atom stereocenters. The predicted octanol–water partition coefficient (Wildman–Crippen LogP) is 5.90. The van der Waals surface area contributed by atoms with E-state index in [9.17, 15) is 0 Å². The van der Waals surface area contributed by atoms with Crippen LogP contribution in [-0.2, 0) is 11.8 Å². The number of nitrogens with zero attached hydrogens (tertiary/aromatic N) is 1. The van der Waals surface area contributed by atoms with E-state index in [4.69, 9.17) is 17.5 Å². The van der Waals surface area contributed by atoms with Crippen LogP contribution in [0.5, 0.6) is 0 Å². The van der Waals surface area contributed by atoms with Crippen molar-refractivity contribution in [3.05, 3.63) is 66.7 Å². The third-order valence-corrected chi connectivity index (χ3v) is 9.03. The Kier molecular flexibility index (Phi) is 4.84. The van der Waals surface area contributed by atoms with Crippen molar-refractivity contribution < 1.29 is 0 Å². The summed E-state index contributed by atoms with van der Waals surface area (Å²) >= 11 is 6.07. The summed E-state index contributed by atoms with van der Waals surface area (Å²) in [4.78, 5) is 0. The highest BCUT2D eigenvalue weighted by atomic mass is 32.4. The average molecular weight is 393 g/mol. The second-order valence-corrected chi connectivity index (χ2v) is 12.8. The van der Waals surface area contributed by atoms with Gasteiger partial charge in [0.05, 0.1) is 16.7 Å². The van der Waals surface area contributed by atoms with Gasteiger partial charge in [0.15, 0.2) is 0 Å². The minimum Gasteiger partial charge on any atom is -0.398 e. The zero-order valence-electron chi connectivity index (χ0n) is 15.9. The van der Waals surface area contributed by atoms with Gasteiger partial charge >= 0.3 is 0 Å². The van der Waals surface area contributed by atoms with Gasteiger partial charge in [0, 0.05) is 21.8 Å². The van der Waals surface area contributed by atoms with Crippen LogP contribution >= 0.6 is 6.04 Å². The number of unbranched alkanes of at least 4 members (excludes halogenated alkanes) is 1. The van der Waals surface area contributed by atoms with E-state index in [1.807, 2.05) is 6.07 Å². The normalized spacial score (nSPS) is 13.9. The van der Waals surface area contributed by atoms with Gasteiger partial charge in [-0.3, -0.25) is 0 Å². The molecule has 1 heterocycles. The molecule has 0 saturated heterocycles. The Morgan fingerprint density at radius 3 is 2.37 bits per heavy atom. The van der Waals surface area contributed by atoms with Gasteiger partial charge in [0.25, 0.3) is 0 Å². The minimum absolute atomic E-state index is 0.875. The van der Waals surface area contributed by atoms with E-state index < -0.39 is 6.04 Å². The first-order chi connectivity index (χ1) is 13.0. The summed E-state index contributed by atoms with van der Waals surface area (Å²) in [6.07, 6.45) is 3.41. The lowest BCUT2D eigenvalue weighted by atomic mass is 10.1. The van der Waals surface area contributed by atoms with Crippen LogP contribution in [-0.4, -0.2) is 17.4 Å². The maximum absolute atomic E-state index is 6.78. The van der Waals surface area contributed by atoms with Crippen molar-refractivity contribution in [2.45, 2.75) is 19.8 Å². The summed E-state index contributed by atoms with van der Waals surface area (Å²) in [6.45, 7) is 4.46. The summed E-state index contributed by atoms with van der Waals surface area (Å²) in [7, 11) is 0. The molecule has 0 bridgehead atoms. The molecule has 0 aliphatic carbocycles. The van der Waals surface area contributed by atoms with E-state index in [2.05, 4.69) is 78.8 Å². The lowest BCUT2D eigenvalue weighted by molar-refractivity contribution is 0.892. The largest absolute Gasteiger partial charge is 0.398 e. The zero-order chi connectivity index (χ0) is 19.0. The van der Waals surface area contributed by atoms with Crippen molar-refractivity contribution in [1.29, 1.82) is 0 Å². The van der Waals surface area contributed by atoms with Crippen LogP contribution in [0, 0.1) is 0 Å². The molecule has 0 amide bonds. The first kappa shape index (κ1) is 18.3. The van der Waals surface area contributed by atoms with Gasteiger partial charge in [0.1, 0.15) is 0 Å². The summed E-state index contributed by atoms with van der Waals surface area (Å²) in [5, 5.41) is 3.52. The summed E-state index contributed by atoms with van der Waals surface area (Å²) in [6, 6.07) is 21.7. The molecule has 0 fully saturated rings. The zero-order valence-corrected chi connectivity index (χ0v) is 17.6. The number of fused-ring (bicyclic) bond motifs is 3. The molecule has 27 heavy (non-hydrogen) atoms. The smallest absolute Gasteiger partial charge is 0.0562 e. The van der Waals surface area contributed by atoms with Crippen LogP contribution in [0.25, 0.3) is 27.5 Å². The van der Waals surface area contributed by atoms with Crippen LogP contribution in [0.15, 0.2) is 66.7 Å². The van der Waals surface area contributed by atoms with Gasteiger partial charge in [-0.15, -0.1) is 0 Å². The number of para-hydroxylation sites is 2. The molecule has 3 aromatic carbocycles. The second-order valence-electron chi connectivity index (χ2n) is 7.26. The molecule has 2 N–H and O–H groups in total. The number of benzene rings is 3. The number of anilines is 1. The van der Waals surface area contributed by atoms with Crippen molar-refractivity contribution in [1.82, 2.24) is 4.57 Å². The lowest BCUT2D eigenvalue weighted by Crippen LogP contribution is -2.12. The number of rotatable bonds is 5. The summed E-state index contributed by atoms with van der Waals surface area (Å²) < 4.78 is 2.30. The maximum Gasteiger partial charge on any atom is 0.0562 e. The molecular formula is C23H25N2PS. The van der Waals surface area contributed by atoms with Crippen LogP contribution < -0.4 is 11.0 Å². The first-order valence-electron chi connectivity index (χ1n) is 9.48. The standard InChI is InChI=1S/C23H25N2PS/c1-3-4-16-26(2,27)21-15-14-20-22(23(21)24)18-12-8-9-13-19(18)25(20)17-10-6-5-7-11-17/h5-15H,3-4,16,24H2,1-2H3. The first-order valence-corrected chi connectivity index (χ1v) is 12.9. The van der Waals surface area contributed by atoms with Crippen molar-refractivity contribution in [3.8, 4) is 5.69 Å². The highest BCUT2D eigenvalue weighted by molar-refractivity contribution is 8.18. The summed E-state index contributed by atoms with van der Waals surface area (Å²) in [5.41, 5.74) is 11.1. The Labute approximate surface area is 166 Å². The molecule has 0 radical (unpaired) electrons. The fourth-order valence-electron chi connectivity index (χ4n) is 3.92. The summed E-state index contributed by atoms with van der Waals surface area (Å²) in [5.74, 6) is 0. The fraction of sp³-hybridized carbons (Fsp3) is 0.217. The number of nitrogen functional groups attached to an aromatic ring is 1. The highest BCUT2D eigenvalue weighted by Crippen LogP contribution is 2.46. The molecule has 4 aromatic rings. The Morgan fingerprint density at radius 1 is 0.926 bits per heavy atom. The number of hydrogen-bond donors (Lipinski definition) is 1. The third kappa shape index (κ3) is 3.09. The molecule has 0 aliphatic heterocycles.